The molecule has 1 aliphatic heterocycles. The fraction of sp³-hybridized carbons (Fsp3) is 0.241. The van der Waals surface area contributed by atoms with Gasteiger partial charge in [-0.2, -0.15) is 10.5 Å². The maximum Gasteiger partial charge on any atom is 0.234 e. The van der Waals surface area contributed by atoms with E-state index in [9.17, 15) is 14.9 Å². The van der Waals surface area contributed by atoms with Gasteiger partial charge in [-0.3, -0.25) is 14.5 Å². The summed E-state index contributed by atoms with van der Waals surface area (Å²) in [5, 5.41) is 31.0. The van der Waals surface area contributed by atoms with E-state index in [1.165, 1.54) is 23.1 Å². The number of anilines is 2. The Hall–Kier alpha value is -3.97. The van der Waals surface area contributed by atoms with Gasteiger partial charge in [-0.05, 0) is 53.8 Å². The van der Waals surface area contributed by atoms with E-state index in [2.05, 4.69) is 37.5 Å². The maximum atomic E-state index is 13.6. The third kappa shape index (κ3) is 5.91. The molecule has 5 rings (SSSR count). The van der Waals surface area contributed by atoms with Crippen LogP contribution in [0.25, 0.3) is 0 Å². The van der Waals surface area contributed by atoms with Gasteiger partial charge in [0.2, 0.25) is 11.0 Å². The molecule has 3 aromatic rings. The number of thioether (sulfide) groups is 1. The monoisotopic (exact) mass is 645 g/mol. The predicted octanol–water partition coefficient (Wildman–Crippen LogP) is 5.84. The molecule has 3 N–H and O–H groups in total. The summed E-state index contributed by atoms with van der Waals surface area (Å²) >= 11 is 5.92. The number of ketones is 1. The summed E-state index contributed by atoms with van der Waals surface area (Å²) in [5.74, 6) is -0.517. The molecule has 2 aliphatic rings. The van der Waals surface area contributed by atoms with Crippen molar-refractivity contribution >= 4 is 61.5 Å². The van der Waals surface area contributed by atoms with E-state index in [4.69, 9.17) is 11.0 Å². The Morgan fingerprint density at radius 1 is 1.15 bits per heavy atom. The van der Waals surface area contributed by atoms with Gasteiger partial charge in [0.25, 0.3) is 0 Å². The van der Waals surface area contributed by atoms with Gasteiger partial charge in [-0.1, -0.05) is 65.0 Å². The second kappa shape index (κ2) is 11.5. The van der Waals surface area contributed by atoms with Crippen molar-refractivity contribution in [1.82, 2.24) is 10.2 Å². The van der Waals surface area contributed by atoms with Crippen LogP contribution < -0.4 is 16.0 Å². The molecule has 2 aromatic carbocycles. The normalized spacial score (nSPS) is 18.0. The first kappa shape index (κ1) is 28.6. The zero-order valence-electron chi connectivity index (χ0n) is 22.1. The van der Waals surface area contributed by atoms with Crippen LogP contribution in [0, 0.1) is 28.1 Å². The second-order valence-electron chi connectivity index (χ2n) is 10.4. The number of amides is 1. The van der Waals surface area contributed by atoms with Gasteiger partial charge in [-0.25, -0.2) is 0 Å². The van der Waals surface area contributed by atoms with Crippen molar-refractivity contribution in [1.29, 1.82) is 10.5 Å². The molecule has 0 fully saturated rings. The number of allylic oxidation sites excluding steroid dienone is 3. The van der Waals surface area contributed by atoms with E-state index in [1.807, 2.05) is 44.2 Å². The maximum absolute atomic E-state index is 13.6. The number of halogens is 1. The van der Waals surface area contributed by atoms with Crippen molar-refractivity contribution < 1.29 is 9.59 Å². The predicted molar refractivity (Wildman–Crippen MR) is 162 cm³/mol. The van der Waals surface area contributed by atoms with Crippen LogP contribution in [0.15, 0.2) is 80.0 Å². The van der Waals surface area contributed by atoms with Crippen molar-refractivity contribution in [3.8, 4) is 12.1 Å². The molecule has 1 amide bonds. The minimum atomic E-state index is -0.573. The summed E-state index contributed by atoms with van der Waals surface area (Å²) in [5.41, 5.74) is 9.85. The van der Waals surface area contributed by atoms with Crippen molar-refractivity contribution in [3.05, 3.63) is 86.8 Å². The number of carbonyl (C=O) groups is 2. The smallest absolute Gasteiger partial charge is 0.234 e. The SMILES string of the molecule is CC1(C)CC(=O)C2=C(C1)N(c1nnc(SCC(=O)Nc3ccc(C#N)cc3)s1)C(N)=C(C#N)C2c1ccc(Br)cc1. The van der Waals surface area contributed by atoms with E-state index in [1.54, 1.807) is 29.2 Å². The highest BCUT2D eigenvalue weighted by Gasteiger charge is 2.45. The Morgan fingerprint density at radius 2 is 1.85 bits per heavy atom. The average molecular weight is 647 g/mol. The van der Waals surface area contributed by atoms with Gasteiger partial charge in [0.15, 0.2) is 10.1 Å². The number of nitrogens with zero attached hydrogens (tertiary/aromatic N) is 5. The molecule has 0 saturated heterocycles. The lowest BCUT2D eigenvalue weighted by molar-refractivity contribution is -0.118. The van der Waals surface area contributed by atoms with Gasteiger partial charge in [0.1, 0.15) is 5.82 Å². The number of hydrogen-bond donors (Lipinski definition) is 2. The third-order valence-corrected chi connectivity index (χ3v) is 9.37. The van der Waals surface area contributed by atoms with Crippen molar-refractivity contribution in [2.75, 3.05) is 16.0 Å². The minimum absolute atomic E-state index is 0.0204. The first-order valence-corrected chi connectivity index (χ1v) is 15.2. The molecule has 1 aliphatic carbocycles. The van der Waals surface area contributed by atoms with Gasteiger partial charge in [0, 0.05) is 27.9 Å². The molecule has 41 heavy (non-hydrogen) atoms. The average Bonchev–Trinajstić information content (AvgIpc) is 3.40. The van der Waals surface area contributed by atoms with Crippen LogP contribution in [0.4, 0.5) is 10.8 Å². The van der Waals surface area contributed by atoms with E-state index in [0.717, 1.165) is 15.7 Å². The number of nitriles is 2. The van der Waals surface area contributed by atoms with Crippen LogP contribution >= 0.6 is 39.0 Å². The van der Waals surface area contributed by atoms with Crippen molar-refractivity contribution in [2.24, 2.45) is 11.1 Å². The lowest BCUT2D eigenvalue weighted by Gasteiger charge is -2.42. The fourth-order valence-corrected chi connectivity index (χ4v) is 6.96. The zero-order chi connectivity index (χ0) is 29.3. The first-order chi connectivity index (χ1) is 19.6. The van der Waals surface area contributed by atoms with E-state index in [0.29, 0.717) is 39.1 Å². The highest BCUT2D eigenvalue weighted by Crippen LogP contribution is 2.50. The molecule has 0 saturated carbocycles. The van der Waals surface area contributed by atoms with E-state index >= 15 is 0 Å². The summed E-state index contributed by atoms with van der Waals surface area (Å²) in [4.78, 5) is 27.8. The van der Waals surface area contributed by atoms with Gasteiger partial charge < -0.3 is 11.1 Å². The minimum Gasteiger partial charge on any atom is -0.384 e. The van der Waals surface area contributed by atoms with Crippen molar-refractivity contribution in [3.63, 3.8) is 0 Å². The molecule has 1 aromatic heterocycles. The molecule has 1 atom stereocenters. The number of nitrogens with two attached hydrogens (primary N) is 1. The Balaban J connectivity index is 1.44. The van der Waals surface area contributed by atoms with Crippen LogP contribution in [0.2, 0.25) is 0 Å². The molecular formula is C29H24BrN7O2S2. The standard InChI is InChI=1S/C29H24BrN7O2S2/c1-29(2)11-21-25(22(38)12-29)24(17-5-7-18(30)8-6-17)20(14-32)26(33)37(21)27-35-36-28(41-27)40-15-23(39)34-19-9-3-16(13-31)4-10-19/h3-10,24H,11-12,15,33H2,1-2H3,(H,34,39). The van der Waals surface area contributed by atoms with E-state index in [-0.39, 0.29) is 34.3 Å². The molecule has 2 heterocycles. The van der Waals surface area contributed by atoms with Gasteiger partial charge >= 0.3 is 0 Å². The molecule has 206 valence electrons. The lowest BCUT2D eigenvalue weighted by Crippen LogP contribution is -2.42. The van der Waals surface area contributed by atoms with Gasteiger partial charge in [-0.15, -0.1) is 10.2 Å². The quantitative estimate of drug-likeness (QED) is 0.315. The molecule has 12 heteroatoms. The summed E-state index contributed by atoms with van der Waals surface area (Å²) in [6.45, 7) is 4.07. The van der Waals surface area contributed by atoms with Crippen LogP contribution in [0.1, 0.15) is 43.7 Å². The highest BCUT2D eigenvalue weighted by atomic mass is 79.9. The highest BCUT2D eigenvalue weighted by molar-refractivity contribution is 9.10. The number of hydrogen-bond acceptors (Lipinski definition) is 10. The van der Waals surface area contributed by atoms with Crippen LogP contribution in [-0.4, -0.2) is 27.6 Å². The third-order valence-electron chi connectivity index (χ3n) is 6.80. The van der Waals surface area contributed by atoms with Gasteiger partial charge in [0.05, 0.1) is 34.9 Å². The molecule has 0 radical (unpaired) electrons. The number of Topliss-reactive ketones (excluding diaryl/α,β-unsaturated/α-hetero) is 1. The molecular weight excluding hydrogens is 622 g/mol. The Morgan fingerprint density at radius 3 is 2.51 bits per heavy atom. The number of nitrogens with one attached hydrogen (secondary N) is 1. The van der Waals surface area contributed by atoms with Crippen LogP contribution in [0.5, 0.6) is 0 Å². The topological polar surface area (TPSA) is 149 Å². The number of benzene rings is 2. The molecule has 0 bridgehead atoms. The second-order valence-corrected chi connectivity index (χ2v) is 13.5. The summed E-state index contributed by atoms with van der Waals surface area (Å²) in [6, 6.07) is 18.5. The number of rotatable bonds is 6. The number of carbonyl (C=O) groups excluding carboxylic acids is 2. The Labute approximate surface area is 253 Å². The van der Waals surface area contributed by atoms with E-state index < -0.39 is 5.92 Å². The summed E-state index contributed by atoms with van der Waals surface area (Å²) in [7, 11) is 0. The summed E-state index contributed by atoms with van der Waals surface area (Å²) < 4.78 is 1.43. The fourth-order valence-electron chi connectivity index (χ4n) is 5.02. The van der Waals surface area contributed by atoms with Crippen molar-refractivity contribution in [2.45, 2.75) is 36.9 Å². The molecule has 9 nitrogen and oxygen atoms in total. The first-order valence-electron chi connectivity index (χ1n) is 12.6. The lowest BCUT2D eigenvalue weighted by atomic mass is 9.69. The molecule has 1 unspecified atom stereocenters. The summed E-state index contributed by atoms with van der Waals surface area (Å²) in [6.07, 6.45) is 0.923. The largest absolute Gasteiger partial charge is 0.384 e. The van der Waals surface area contributed by atoms with Crippen LogP contribution in [0.3, 0.4) is 0 Å². The Kier molecular flexibility index (Phi) is 8.00. The zero-order valence-corrected chi connectivity index (χ0v) is 25.4. The number of aromatic nitrogens is 2. The van der Waals surface area contributed by atoms with Crippen LogP contribution in [-0.2, 0) is 9.59 Å². The Bertz CT molecular complexity index is 1680. The molecule has 0 spiro atoms.